The highest BCUT2D eigenvalue weighted by Crippen LogP contribution is 2.21. The smallest absolute Gasteiger partial charge is 0.280 e. The summed E-state index contributed by atoms with van der Waals surface area (Å²) in [7, 11) is 0. The fourth-order valence-electron chi connectivity index (χ4n) is 2.45. The third-order valence-electron chi connectivity index (χ3n) is 3.87. The third-order valence-corrected chi connectivity index (χ3v) is 5.04. The lowest BCUT2D eigenvalue weighted by Crippen LogP contribution is -2.33. The molecule has 0 radical (unpaired) electrons. The fraction of sp³-hybridized carbons (Fsp3) is 0.150. The molecule has 28 heavy (non-hydrogen) atoms. The van der Waals surface area contributed by atoms with E-state index in [1.165, 1.54) is 11.3 Å². The molecule has 1 aromatic heterocycles. The van der Waals surface area contributed by atoms with Gasteiger partial charge in [0.2, 0.25) is 0 Å². The highest BCUT2D eigenvalue weighted by Gasteiger charge is 2.14. The molecular weight excluding hydrogens is 394 g/mol. The van der Waals surface area contributed by atoms with Crippen molar-refractivity contribution in [3.63, 3.8) is 0 Å². The standard InChI is InChI=1S/C20H19N3O3S2/c1-13(26-16-9-7-15(8-10-16)19(27)23-25)11-21-18(24)20-22-17(12-28-20)14-5-3-2-4-6-14/h2-10,12-13,25H,11H2,1H3,(H,21,24)(H,23,27)/t13-/m1/s1. The van der Waals surface area contributed by atoms with Gasteiger partial charge >= 0.3 is 0 Å². The molecule has 3 N–H and O–H groups in total. The molecule has 0 fully saturated rings. The van der Waals surface area contributed by atoms with Crippen LogP contribution in [0.5, 0.6) is 5.75 Å². The molecule has 0 saturated heterocycles. The van der Waals surface area contributed by atoms with Gasteiger partial charge in [-0.2, -0.15) is 0 Å². The van der Waals surface area contributed by atoms with Crippen LogP contribution in [0, 0.1) is 0 Å². The van der Waals surface area contributed by atoms with Gasteiger partial charge in [-0.15, -0.1) is 11.3 Å². The predicted octanol–water partition coefficient (Wildman–Crippen LogP) is 3.66. The Balaban J connectivity index is 1.52. The summed E-state index contributed by atoms with van der Waals surface area (Å²) in [4.78, 5) is 17.0. The van der Waals surface area contributed by atoms with Gasteiger partial charge < -0.3 is 10.1 Å². The van der Waals surface area contributed by atoms with Crippen LogP contribution in [-0.4, -0.2) is 33.7 Å². The van der Waals surface area contributed by atoms with Crippen molar-refractivity contribution < 1.29 is 14.7 Å². The number of nitrogens with one attached hydrogen (secondary N) is 2. The highest BCUT2D eigenvalue weighted by molar-refractivity contribution is 7.80. The Hall–Kier alpha value is -2.81. The lowest BCUT2D eigenvalue weighted by molar-refractivity contribution is 0.0932. The number of carbonyl (C=O) groups excluding carboxylic acids is 1. The number of hydrogen-bond donors (Lipinski definition) is 3. The quantitative estimate of drug-likeness (QED) is 0.405. The molecule has 0 unspecified atom stereocenters. The molecule has 1 amide bonds. The molecule has 0 saturated carbocycles. The summed E-state index contributed by atoms with van der Waals surface area (Å²) in [5, 5.41) is 14.0. The molecule has 0 bridgehead atoms. The average molecular weight is 414 g/mol. The molecule has 0 aliphatic rings. The average Bonchev–Trinajstić information content (AvgIpc) is 3.23. The number of thiazole rings is 1. The summed E-state index contributed by atoms with van der Waals surface area (Å²) < 4.78 is 5.79. The van der Waals surface area contributed by atoms with Gasteiger partial charge in [-0.3, -0.25) is 15.5 Å². The van der Waals surface area contributed by atoms with Gasteiger partial charge in [-0.1, -0.05) is 42.5 Å². The van der Waals surface area contributed by atoms with E-state index in [2.05, 4.69) is 10.3 Å². The third kappa shape index (κ3) is 5.13. The van der Waals surface area contributed by atoms with Gasteiger partial charge in [0.25, 0.3) is 5.91 Å². The van der Waals surface area contributed by atoms with Crippen molar-refractivity contribution in [3.05, 3.63) is 70.5 Å². The van der Waals surface area contributed by atoms with Gasteiger partial charge in [-0.25, -0.2) is 4.98 Å². The predicted molar refractivity (Wildman–Crippen MR) is 113 cm³/mol. The zero-order valence-electron chi connectivity index (χ0n) is 15.1. The second-order valence-electron chi connectivity index (χ2n) is 6.01. The van der Waals surface area contributed by atoms with Crippen molar-refractivity contribution >= 4 is 34.5 Å². The molecule has 3 rings (SSSR count). The second kappa shape index (κ2) is 9.41. The van der Waals surface area contributed by atoms with E-state index in [0.29, 0.717) is 22.9 Å². The number of aromatic nitrogens is 1. The minimum Gasteiger partial charge on any atom is -0.489 e. The Morgan fingerprint density at radius 2 is 1.93 bits per heavy atom. The Morgan fingerprint density at radius 3 is 2.61 bits per heavy atom. The van der Waals surface area contributed by atoms with Crippen molar-refractivity contribution in [2.24, 2.45) is 0 Å². The first-order valence-corrected chi connectivity index (χ1v) is 9.86. The Bertz CT molecular complexity index is 943. The van der Waals surface area contributed by atoms with E-state index < -0.39 is 0 Å². The summed E-state index contributed by atoms with van der Waals surface area (Å²) in [6.07, 6.45) is -0.230. The Morgan fingerprint density at radius 1 is 1.21 bits per heavy atom. The van der Waals surface area contributed by atoms with Crippen molar-refractivity contribution in [2.75, 3.05) is 6.54 Å². The van der Waals surface area contributed by atoms with Crippen LogP contribution >= 0.6 is 23.6 Å². The zero-order chi connectivity index (χ0) is 19.9. The maximum absolute atomic E-state index is 12.3. The van der Waals surface area contributed by atoms with Gasteiger partial charge in [0.1, 0.15) is 16.8 Å². The van der Waals surface area contributed by atoms with Crippen LogP contribution in [0.15, 0.2) is 60.0 Å². The molecule has 0 spiro atoms. The van der Waals surface area contributed by atoms with Gasteiger partial charge in [-0.05, 0) is 31.2 Å². The molecule has 3 aromatic rings. The number of thiocarbonyl (C=S) groups is 1. The molecule has 1 heterocycles. The highest BCUT2D eigenvalue weighted by atomic mass is 32.1. The van der Waals surface area contributed by atoms with Crippen molar-refractivity contribution in [1.82, 2.24) is 15.8 Å². The van der Waals surface area contributed by atoms with E-state index in [-0.39, 0.29) is 17.0 Å². The van der Waals surface area contributed by atoms with E-state index >= 15 is 0 Å². The van der Waals surface area contributed by atoms with Crippen LogP contribution < -0.4 is 15.5 Å². The maximum atomic E-state index is 12.3. The summed E-state index contributed by atoms with van der Waals surface area (Å²) in [5.41, 5.74) is 4.39. The molecule has 0 aliphatic carbocycles. The Kier molecular flexibility index (Phi) is 6.70. The molecule has 144 valence electrons. The van der Waals surface area contributed by atoms with Crippen LogP contribution in [0.4, 0.5) is 0 Å². The SMILES string of the molecule is C[C@H](CNC(=O)c1nc(-c2ccccc2)cs1)Oc1ccc(C(=S)NO)cc1. The number of hydrogen-bond acceptors (Lipinski definition) is 6. The van der Waals surface area contributed by atoms with Crippen LogP contribution in [-0.2, 0) is 0 Å². The Labute approximate surface area is 172 Å². The number of rotatable bonds is 7. The fourth-order valence-corrected chi connectivity index (χ4v) is 3.33. The van der Waals surface area contributed by atoms with Crippen molar-refractivity contribution in [3.8, 4) is 17.0 Å². The van der Waals surface area contributed by atoms with E-state index in [0.717, 1.165) is 11.3 Å². The molecule has 1 atom stereocenters. The monoisotopic (exact) mass is 413 g/mol. The van der Waals surface area contributed by atoms with Gasteiger partial charge in [0.05, 0.1) is 12.2 Å². The second-order valence-corrected chi connectivity index (χ2v) is 7.27. The van der Waals surface area contributed by atoms with Crippen LogP contribution in [0.25, 0.3) is 11.3 Å². The lowest BCUT2D eigenvalue weighted by atomic mass is 10.2. The van der Waals surface area contributed by atoms with Crippen molar-refractivity contribution in [2.45, 2.75) is 13.0 Å². The maximum Gasteiger partial charge on any atom is 0.280 e. The minimum absolute atomic E-state index is 0.225. The first-order valence-electron chi connectivity index (χ1n) is 8.57. The van der Waals surface area contributed by atoms with Gasteiger partial charge in [0.15, 0.2) is 5.01 Å². The molecule has 8 heteroatoms. The number of nitrogens with zero attached hydrogens (tertiary/aromatic N) is 1. The molecular formula is C20H19N3O3S2. The number of amides is 1. The number of hydroxylamine groups is 1. The van der Waals surface area contributed by atoms with E-state index in [1.54, 1.807) is 24.3 Å². The van der Waals surface area contributed by atoms with Crippen LogP contribution in [0.3, 0.4) is 0 Å². The number of carbonyl (C=O) groups is 1. The van der Waals surface area contributed by atoms with E-state index in [9.17, 15) is 4.79 Å². The number of benzene rings is 2. The first-order chi connectivity index (χ1) is 13.6. The van der Waals surface area contributed by atoms with E-state index in [1.807, 2.05) is 48.1 Å². The first kappa shape index (κ1) is 19.9. The summed E-state index contributed by atoms with van der Waals surface area (Å²) in [6, 6.07) is 16.7. The normalized spacial score (nSPS) is 11.5. The largest absolute Gasteiger partial charge is 0.489 e. The number of ether oxygens (including phenoxy) is 1. The lowest BCUT2D eigenvalue weighted by Gasteiger charge is -2.15. The van der Waals surface area contributed by atoms with Crippen LogP contribution in [0.1, 0.15) is 22.3 Å². The van der Waals surface area contributed by atoms with Crippen LogP contribution in [0.2, 0.25) is 0 Å². The topological polar surface area (TPSA) is 83.5 Å². The minimum atomic E-state index is -0.230. The zero-order valence-corrected chi connectivity index (χ0v) is 16.7. The van der Waals surface area contributed by atoms with Crippen molar-refractivity contribution in [1.29, 1.82) is 0 Å². The summed E-state index contributed by atoms with van der Waals surface area (Å²) in [6.45, 7) is 2.21. The molecule has 0 aliphatic heterocycles. The summed E-state index contributed by atoms with van der Waals surface area (Å²) >= 11 is 6.26. The molecule has 6 nitrogen and oxygen atoms in total. The van der Waals surface area contributed by atoms with Gasteiger partial charge in [0, 0.05) is 16.5 Å². The van der Waals surface area contributed by atoms with E-state index in [4.69, 9.17) is 22.2 Å². The summed E-state index contributed by atoms with van der Waals surface area (Å²) in [5.74, 6) is 0.421. The molecule has 2 aromatic carbocycles.